The fourth-order valence-corrected chi connectivity index (χ4v) is 6.69. The minimum absolute atomic E-state index is 0.0305. The van der Waals surface area contributed by atoms with Crippen molar-refractivity contribution in [2.45, 2.75) is 47.6 Å². The van der Waals surface area contributed by atoms with Crippen LogP contribution in [0.1, 0.15) is 32.6 Å². The van der Waals surface area contributed by atoms with Gasteiger partial charge in [0.25, 0.3) is 0 Å². The molecule has 0 aromatic heterocycles. The Hall–Kier alpha value is -2.43. The summed E-state index contributed by atoms with van der Waals surface area (Å²) in [6.07, 6.45) is 2.86. The maximum absolute atomic E-state index is 13.5. The summed E-state index contributed by atoms with van der Waals surface area (Å²) in [4.78, 5) is 27.9. The van der Waals surface area contributed by atoms with E-state index < -0.39 is 21.7 Å². The van der Waals surface area contributed by atoms with Crippen LogP contribution < -0.4 is 10.2 Å². The van der Waals surface area contributed by atoms with E-state index >= 15 is 0 Å². The zero-order valence-corrected chi connectivity index (χ0v) is 19.9. The van der Waals surface area contributed by atoms with Crippen LogP contribution in [-0.2, 0) is 19.6 Å². The number of hydrogen-bond acceptors (Lipinski definition) is 5. The molecule has 0 bridgehead atoms. The number of nitrogens with zero attached hydrogens (tertiary/aromatic N) is 2. The largest absolute Gasteiger partial charge is 0.324 e. The van der Waals surface area contributed by atoms with Crippen LogP contribution in [0.15, 0.2) is 52.3 Å². The lowest BCUT2D eigenvalue weighted by molar-refractivity contribution is -0.121. The molecule has 0 spiro atoms. The first kappa shape index (κ1) is 23.7. The average molecular weight is 492 g/mol. The molecule has 0 unspecified atom stereocenters. The summed E-state index contributed by atoms with van der Waals surface area (Å²) in [7, 11) is -3.70. The van der Waals surface area contributed by atoms with E-state index in [1.807, 2.05) is 6.92 Å². The van der Waals surface area contributed by atoms with Crippen molar-refractivity contribution in [3.63, 3.8) is 0 Å². The highest BCUT2D eigenvalue weighted by Gasteiger charge is 2.31. The van der Waals surface area contributed by atoms with Crippen molar-refractivity contribution in [1.29, 1.82) is 0 Å². The summed E-state index contributed by atoms with van der Waals surface area (Å²) >= 11 is 1.48. The van der Waals surface area contributed by atoms with Gasteiger partial charge >= 0.3 is 0 Å². The van der Waals surface area contributed by atoms with Crippen LogP contribution >= 0.6 is 11.8 Å². The number of anilines is 2. The lowest BCUT2D eigenvalue weighted by Gasteiger charge is -2.27. The predicted molar refractivity (Wildman–Crippen MR) is 126 cm³/mol. The van der Waals surface area contributed by atoms with Crippen molar-refractivity contribution < 1.29 is 22.4 Å². The third kappa shape index (κ3) is 5.39. The second-order valence-electron chi connectivity index (χ2n) is 8.27. The Labute approximate surface area is 197 Å². The van der Waals surface area contributed by atoms with Crippen molar-refractivity contribution in [3.05, 3.63) is 48.3 Å². The summed E-state index contributed by atoms with van der Waals surface area (Å²) in [6.45, 7) is 2.57. The molecular formula is C23H26FN3O4S2. The summed E-state index contributed by atoms with van der Waals surface area (Å²) in [5.74, 6) is -1.25. The first-order valence-electron chi connectivity index (χ1n) is 10.9. The molecule has 2 aliphatic heterocycles. The van der Waals surface area contributed by atoms with Gasteiger partial charge in [0.1, 0.15) is 12.4 Å². The molecule has 1 N–H and O–H groups in total. The molecule has 10 heteroatoms. The van der Waals surface area contributed by atoms with Crippen LogP contribution in [0.5, 0.6) is 0 Å². The van der Waals surface area contributed by atoms with Crippen LogP contribution in [0, 0.1) is 5.82 Å². The van der Waals surface area contributed by atoms with Gasteiger partial charge in [-0.2, -0.15) is 4.31 Å². The first-order chi connectivity index (χ1) is 15.7. The molecule has 1 saturated heterocycles. The Bertz CT molecular complexity index is 1170. The summed E-state index contributed by atoms with van der Waals surface area (Å²) in [5, 5.41) is 2.57. The number of sulfonamides is 1. The topological polar surface area (TPSA) is 86.8 Å². The normalized spacial score (nSPS) is 19.6. The van der Waals surface area contributed by atoms with Crippen molar-refractivity contribution in [2.75, 3.05) is 29.9 Å². The van der Waals surface area contributed by atoms with Crippen LogP contribution in [0.2, 0.25) is 0 Å². The monoisotopic (exact) mass is 491 g/mol. The molecule has 1 fully saturated rings. The second-order valence-corrected chi connectivity index (χ2v) is 11.7. The van der Waals surface area contributed by atoms with Gasteiger partial charge in [-0.1, -0.05) is 19.4 Å². The smallest absolute Gasteiger partial charge is 0.244 e. The quantitative estimate of drug-likeness (QED) is 0.687. The minimum atomic E-state index is -3.70. The van der Waals surface area contributed by atoms with Gasteiger partial charge in [-0.3, -0.25) is 9.59 Å². The number of carbonyl (C=O) groups is 2. The van der Waals surface area contributed by atoms with E-state index in [0.717, 1.165) is 24.2 Å². The van der Waals surface area contributed by atoms with Crippen LogP contribution in [0.4, 0.5) is 15.8 Å². The zero-order chi connectivity index (χ0) is 23.6. The molecule has 2 aromatic carbocycles. The highest BCUT2D eigenvalue weighted by molar-refractivity contribution is 8.00. The molecule has 2 heterocycles. The molecule has 176 valence electrons. The Morgan fingerprint density at radius 2 is 1.91 bits per heavy atom. The molecule has 0 saturated carbocycles. The highest BCUT2D eigenvalue weighted by atomic mass is 32.2. The Morgan fingerprint density at radius 3 is 2.64 bits per heavy atom. The third-order valence-electron chi connectivity index (χ3n) is 5.68. The molecule has 4 rings (SSSR count). The summed E-state index contributed by atoms with van der Waals surface area (Å²) in [6, 6.07) is 10.3. The van der Waals surface area contributed by atoms with E-state index in [1.54, 1.807) is 18.2 Å². The van der Waals surface area contributed by atoms with E-state index in [0.29, 0.717) is 18.8 Å². The standard InChI is InChI=1S/C23H26FN3O4S2/c1-16-12-23(29)27(15-22(28)25-18-7-5-6-17(24)13-18)20-14-19(8-9-21(20)32-16)33(30,31)26-10-3-2-4-11-26/h5-9,13-14,16H,2-4,10-12,15H2,1H3,(H,25,28)/t16-/m0/s1. The predicted octanol–water partition coefficient (Wildman–Crippen LogP) is 3.86. The van der Waals surface area contributed by atoms with Crippen molar-refractivity contribution >= 4 is 45.0 Å². The first-order valence-corrected chi connectivity index (χ1v) is 13.2. The second kappa shape index (κ2) is 9.82. The SMILES string of the molecule is C[C@H]1CC(=O)N(CC(=O)Nc2cccc(F)c2)c2cc(S(=O)(=O)N3CCCCC3)ccc2S1. The van der Waals surface area contributed by atoms with E-state index in [9.17, 15) is 22.4 Å². The highest BCUT2D eigenvalue weighted by Crippen LogP contribution is 2.39. The average Bonchev–Trinajstić information content (AvgIpc) is 2.89. The molecule has 1 atom stereocenters. The molecule has 7 nitrogen and oxygen atoms in total. The summed E-state index contributed by atoms with van der Waals surface area (Å²) < 4.78 is 41.4. The van der Waals surface area contributed by atoms with Gasteiger partial charge < -0.3 is 10.2 Å². The number of thioether (sulfide) groups is 1. The molecule has 2 aliphatic rings. The number of halogens is 1. The van der Waals surface area contributed by atoms with E-state index in [-0.39, 0.29) is 34.7 Å². The summed E-state index contributed by atoms with van der Waals surface area (Å²) in [5.41, 5.74) is 0.688. The number of carbonyl (C=O) groups excluding carboxylic acids is 2. The van der Waals surface area contributed by atoms with Crippen molar-refractivity contribution in [2.24, 2.45) is 0 Å². The molecule has 33 heavy (non-hydrogen) atoms. The maximum Gasteiger partial charge on any atom is 0.244 e. The fraction of sp³-hybridized carbons (Fsp3) is 0.391. The molecular weight excluding hydrogens is 465 g/mol. The van der Waals surface area contributed by atoms with Crippen LogP contribution in [0.25, 0.3) is 0 Å². The van der Waals surface area contributed by atoms with Gasteiger partial charge in [0.2, 0.25) is 21.8 Å². The van der Waals surface area contributed by atoms with Gasteiger partial charge in [-0.25, -0.2) is 12.8 Å². The van der Waals surface area contributed by atoms with Crippen molar-refractivity contribution in [3.8, 4) is 0 Å². The number of rotatable bonds is 5. The van der Waals surface area contributed by atoms with Crippen molar-refractivity contribution in [1.82, 2.24) is 4.31 Å². The zero-order valence-electron chi connectivity index (χ0n) is 18.3. The molecule has 2 amide bonds. The lowest BCUT2D eigenvalue weighted by Crippen LogP contribution is -2.39. The minimum Gasteiger partial charge on any atom is -0.324 e. The molecule has 2 aromatic rings. The van der Waals surface area contributed by atoms with Gasteiger partial charge in [0, 0.05) is 35.3 Å². The lowest BCUT2D eigenvalue weighted by atomic mass is 10.2. The number of fused-ring (bicyclic) bond motifs is 1. The van der Waals surface area contributed by atoms with Gasteiger partial charge in [-0.15, -0.1) is 11.8 Å². The Balaban J connectivity index is 1.64. The number of amides is 2. The molecule has 0 aliphatic carbocycles. The Morgan fingerprint density at radius 1 is 1.15 bits per heavy atom. The van der Waals surface area contributed by atoms with Crippen LogP contribution in [-0.4, -0.2) is 49.4 Å². The van der Waals surface area contributed by atoms with Crippen LogP contribution in [0.3, 0.4) is 0 Å². The molecule has 0 radical (unpaired) electrons. The van der Waals surface area contributed by atoms with E-state index in [2.05, 4.69) is 5.32 Å². The van der Waals surface area contributed by atoms with Gasteiger partial charge in [0.15, 0.2) is 0 Å². The van der Waals surface area contributed by atoms with Gasteiger partial charge in [0.05, 0.1) is 10.6 Å². The maximum atomic E-state index is 13.5. The van der Waals surface area contributed by atoms with E-state index in [4.69, 9.17) is 0 Å². The Kier molecular flexibility index (Phi) is 7.06. The van der Waals surface area contributed by atoms with E-state index in [1.165, 1.54) is 45.2 Å². The number of benzene rings is 2. The number of hydrogen-bond donors (Lipinski definition) is 1. The fourth-order valence-electron chi connectivity index (χ4n) is 4.06. The van der Waals surface area contributed by atoms with Gasteiger partial charge in [-0.05, 0) is 49.2 Å². The number of piperidine rings is 1. The number of nitrogens with one attached hydrogen (secondary N) is 1. The third-order valence-corrected chi connectivity index (χ3v) is 8.74.